The van der Waals surface area contributed by atoms with Crippen LogP contribution in [0, 0.1) is 5.92 Å². The molecule has 1 unspecified atom stereocenters. The van der Waals surface area contributed by atoms with Gasteiger partial charge < -0.3 is 14.1 Å². The normalized spacial score (nSPS) is 15.4. The summed E-state index contributed by atoms with van der Waals surface area (Å²) in [5.41, 5.74) is 6.08. The summed E-state index contributed by atoms with van der Waals surface area (Å²) in [4.78, 5) is 38.5. The molecule has 1 aliphatic heterocycles. The van der Waals surface area contributed by atoms with Gasteiger partial charge in [0.2, 0.25) is 11.8 Å². The average molecular weight is 468 g/mol. The van der Waals surface area contributed by atoms with Crippen LogP contribution in [-0.2, 0) is 22.7 Å². The van der Waals surface area contributed by atoms with Crippen LogP contribution >= 0.6 is 11.6 Å². The molecule has 3 aromatic rings. The molecule has 0 radical (unpaired) electrons. The number of nitrogens with one attached hydrogen (secondary N) is 2. The van der Waals surface area contributed by atoms with Gasteiger partial charge in [0.25, 0.3) is 5.91 Å². The molecule has 0 saturated carbocycles. The fourth-order valence-corrected chi connectivity index (χ4v) is 3.56. The van der Waals surface area contributed by atoms with Crippen molar-refractivity contribution in [2.24, 2.45) is 5.92 Å². The number of furan rings is 1. The molecule has 1 atom stereocenters. The summed E-state index contributed by atoms with van der Waals surface area (Å²) in [6.07, 6.45) is 1.62. The van der Waals surface area contributed by atoms with Crippen LogP contribution in [0.2, 0.25) is 5.02 Å². The van der Waals surface area contributed by atoms with Crippen LogP contribution in [0.25, 0.3) is 0 Å². The first-order valence-electron chi connectivity index (χ1n) is 10.4. The number of likely N-dealkylation sites (tertiary alicyclic amines) is 1. The highest BCUT2D eigenvalue weighted by molar-refractivity contribution is 6.30. The molecule has 2 N–H and O–H groups in total. The van der Waals surface area contributed by atoms with E-state index in [2.05, 4.69) is 10.9 Å². The van der Waals surface area contributed by atoms with Gasteiger partial charge in [0.1, 0.15) is 18.1 Å². The van der Waals surface area contributed by atoms with Crippen LogP contribution in [0.1, 0.15) is 28.1 Å². The monoisotopic (exact) mass is 467 g/mol. The number of hydrogen-bond acceptors (Lipinski definition) is 5. The predicted molar refractivity (Wildman–Crippen MR) is 120 cm³/mol. The fraction of sp³-hybridized carbons (Fsp3) is 0.208. The van der Waals surface area contributed by atoms with Crippen LogP contribution < -0.4 is 15.6 Å². The molecular weight excluding hydrogens is 446 g/mol. The van der Waals surface area contributed by atoms with Gasteiger partial charge in [-0.2, -0.15) is 0 Å². The van der Waals surface area contributed by atoms with Crippen LogP contribution in [0.3, 0.4) is 0 Å². The third kappa shape index (κ3) is 5.93. The minimum atomic E-state index is -0.542. The zero-order valence-electron chi connectivity index (χ0n) is 17.6. The second kappa shape index (κ2) is 10.2. The molecule has 33 heavy (non-hydrogen) atoms. The minimum absolute atomic E-state index is 0.0880. The maximum Gasteiger partial charge on any atom is 0.269 e. The number of hydrogen-bond donors (Lipinski definition) is 2. The Morgan fingerprint density at radius 2 is 1.82 bits per heavy atom. The molecular formula is C24H22ClN3O5. The molecule has 2 heterocycles. The summed E-state index contributed by atoms with van der Waals surface area (Å²) in [7, 11) is 0. The topological polar surface area (TPSA) is 101 Å². The molecule has 9 heteroatoms. The van der Waals surface area contributed by atoms with Gasteiger partial charge in [-0.25, -0.2) is 0 Å². The molecule has 2 aromatic carbocycles. The molecule has 0 aliphatic carbocycles. The lowest BCUT2D eigenvalue weighted by atomic mass is 10.1. The van der Waals surface area contributed by atoms with E-state index in [1.807, 2.05) is 0 Å². The Morgan fingerprint density at radius 1 is 1.06 bits per heavy atom. The van der Waals surface area contributed by atoms with E-state index in [0.717, 1.165) is 5.56 Å². The van der Waals surface area contributed by atoms with Gasteiger partial charge in [-0.05, 0) is 54.1 Å². The standard InChI is InChI=1S/C24H22ClN3O5/c25-19-7-9-20(10-8-19)33-15-16-3-5-17(6-4-16)23(30)26-27-24(31)18-12-22(29)28(13-18)14-21-2-1-11-32-21/h1-11,18H,12-15H2,(H,26,30)(H,27,31). The Bertz CT molecular complexity index is 1110. The van der Waals surface area contributed by atoms with Crippen molar-refractivity contribution >= 4 is 29.3 Å². The SMILES string of the molecule is O=C(NNC(=O)C1CC(=O)N(Cc2ccco2)C1)c1ccc(COc2ccc(Cl)cc2)cc1. The number of hydrazine groups is 1. The van der Waals surface area contributed by atoms with Crippen molar-refractivity contribution < 1.29 is 23.5 Å². The van der Waals surface area contributed by atoms with Gasteiger partial charge in [-0.1, -0.05) is 23.7 Å². The molecule has 0 spiro atoms. The van der Waals surface area contributed by atoms with E-state index in [-0.39, 0.29) is 18.9 Å². The lowest BCUT2D eigenvalue weighted by molar-refractivity contribution is -0.129. The maximum absolute atomic E-state index is 12.4. The van der Waals surface area contributed by atoms with Crippen LogP contribution in [-0.4, -0.2) is 29.2 Å². The fourth-order valence-electron chi connectivity index (χ4n) is 3.43. The lowest BCUT2D eigenvalue weighted by Gasteiger charge is -2.15. The Balaban J connectivity index is 1.23. The van der Waals surface area contributed by atoms with Gasteiger partial charge in [-0.3, -0.25) is 25.2 Å². The lowest BCUT2D eigenvalue weighted by Crippen LogP contribution is -2.45. The Labute approximate surface area is 195 Å². The van der Waals surface area contributed by atoms with Gasteiger partial charge in [0.05, 0.1) is 18.7 Å². The molecule has 1 aromatic heterocycles. The first-order valence-corrected chi connectivity index (χ1v) is 10.7. The number of carbonyl (C=O) groups excluding carboxylic acids is 3. The third-order valence-electron chi connectivity index (χ3n) is 5.25. The number of carbonyl (C=O) groups is 3. The van der Waals surface area contributed by atoms with Crippen molar-refractivity contribution in [3.8, 4) is 5.75 Å². The van der Waals surface area contributed by atoms with Crippen molar-refractivity contribution in [1.29, 1.82) is 0 Å². The minimum Gasteiger partial charge on any atom is -0.489 e. The smallest absolute Gasteiger partial charge is 0.269 e. The number of benzene rings is 2. The Hall–Kier alpha value is -3.78. The summed E-state index contributed by atoms with van der Waals surface area (Å²) < 4.78 is 10.9. The highest BCUT2D eigenvalue weighted by Gasteiger charge is 2.34. The molecule has 1 fully saturated rings. The molecule has 4 rings (SSSR count). The summed E-state index contributed by atoms with van der Waals surface area (Å²) in [5.74, 6) is -0.192. The summed E-state index contributed by atoms with van der Waals surface area (Å²) in [5, 5.41) is 0.635. The number of ether oxygens (including phenoxy) is 1. The van der Waals surface area contributed by atoms with Crippen molar-refractivity contribution in [1.82, 2.24) is 15.8 Å². The highest BCUT2D eigenvalue weighted by Crippen LogP contribution is 2.20. The molecule has 3 amide bonds. The maximum atomic E-state index is 12.4. The van der Waals surface area contributed by atoms with Gasteiger partial charge in [-0.15, -0.1) is 0 Å². The highest BCUT2D eigenvalue weighted by atomic mass is 35.5. The average Bonchev–Trinajstić information content (AvgIpc) is 3.47. The number of halogens is 1. The second-order valence-corrected chi connectivity index (χ2v) is 8.07. The van der Waals surface area contributed by atoms with Crippen LogP contribution in [0.5, 0.6) is 5.75 Å². The van der Waals surface area contributed by atoms with Gasteiger partial charge in [0.15, 0.2) is 0 Å². The molecule has 1 saturated heterocycles. The molecule has 0 bridgehead atoms. The van der Waals surface area contributed by atoms with Crippen LogP contribution in [0.4, 0.5) is 0 Å². The van der Waals surface area contributed by atoms with E-state index in [0.29, 0.717) is 35.2 Å². The van der Waals surface area contributed by atoms with Crippen LogP contribution in [0.15, 0.2) is 71.3 Å². The number of amides is 3. The zero-order chi connectivity index (χ0) is 23.2. The summed E-state index contributed by atoms with van der Waals surface area (Å²) >= 11 is 5.86. The van der Waals surface area contributed by atoms with E-state index < -0.39 is 17.7 Å². The van der Waals surface area contributed by atoms with E-state index in [1.54, 1.807) is 65.6 Å². The van der Waals surface area contributed by atoms with Crippen molar-refractivity contribution in [2.45, 2.75) is 19.6 Å². The van der Waals surface area contributed by atoms with E-state index in [4.69, 9.17) is 20.8 Å². The van der Waals surface area contributed by atoms with E-state index >= 15 is 0 Å². The number of rotatable bonds is 7. The van der Waals surface area contributed by atoms with Gasteiger partial charge in [0, 0.05) is 23.6 Å². The predicted octanol–water partition coefficient (Wildman–Crippen LogP) is 3.32. The Kier molecular flexibility index (Phi) is 6.95. The van der Waals surface area contributed by atoms with Crippen molar-refractivity contribution in [2.75, 3.05) is 6.54 Å². The van der Waals surface area contributed by atoms with Crippen molar-refractivity contribution in [3.05, 3.63) is 88.8 Å². The first kappa shape index (κ1) is 22.4. The number of nitrogens with zero attached hydrogens (tertiary/aromatic N) is 1. The largest absolute Gasteiger partial charge is 0.489 e. The quantitative estimate of drug-likeness (QED) is 0.519. The molecule has 8 nitrogen and oxygen atoms in total. The van der Waals surface area contributed by atoms with Crippen molar-refractivity contribution in [3.63, 3.8) is 0 Å². The van der Waals surface area contributed by atoms with Gasteiger partial charge >= 0.3 is 0 Å². The van der Waals surface area contributed by atoms with E-state index in [1.165, 1.54) is 6.26 Å². The van der Waals surface area contributed by atoms with E-state index in [9.17, 15) is 14.4 Å². The second-order valence-electron chi connectivity index (χ2n) is 7.64. The molecule has 170 valence electrons. The summed E-state index contributed by atoms with van der Waals surface area (Å²) in [6.45, 7) is 0.921. The first-order chi connectivity index (χ1) is 16.0. The zero-order valence-corrected chi connectivity index (χ0v) is 18.4. The third-order valence-corrected chi connectivity index (χ3v) is 5.50. The molecule has 1 aliphatic rings. The Morgan fingerprint density at radius 3 is 2.52 bits per heavy atom. The summed E-state index contributed by atoms with van der Waals surface area (Å²) in [6, 6.07) is 17.4.